The van der Waals surface area contributed by atoms with Crippen LogP contribution in [0.5, 0.6) is 0 Å². The average molecular weight is 305 g/mol. The second kappa shape index (κ2) is 6.73. The van der Waals surface area contributed by atoms with E-state index in [0.717, 1.165) is 19.4 Å². The number of ether oxygens (including phenoxy) is 1. The van der Waals surface area contributed by atoms with Crippen molar-refractivity contribution in [3.8, 4) is 0 Å². The Labute approximate surface area is 120 Å². The van der Waals surface area contributed by atoms with Crippen LogP contribution in [0.2, 0.25) is 0 Å². The first-order valence-corrected chi connectivity index (χ1v) is 8.91. The maximum absolute atomic E-state index is 11.7. The van der Waals surface area contributed by atoms with E-state index in [9.17, 15) is 13.2 Å². The van der Waals surface area contributed by atoms with Gasteiger partial charge in [0.2, 0.25) is 10.0 Å². The molecule has 2 heterocycles. The SMILES string of the molecule is CS(=O)(=O)N1CCC(NC(=O)NCC2CCCO2)CC1. The second-order valence-corrected chi connectivity index (χ2v) is 7.41. The number of hydrogen-bond donors (Lipinski definition) is 2. The van der Waals surface area contributed by atoms with Crippen molar-refractivity contribution in [3.63, 3.8) is 0 Å². The highest BCUT2D eigenvalue weighted by atomic mass is 32.2. The lowest BCUT2D eigenvalue weighted by Gasteiger charge is -2.30. The summed E-state index contributed by atoms with van der Waals surface area (Å²) in [6.07, 6.45) is 4.70. The van der Waals surface area contributed by atoms with E-state index >= 15 is 0 Å². The van der Waals surface area contributed by atoms with Gasteiger partial charge in [-0.2, -0.15) is 0 Å². The third-order valence-electron chi connectivity index (χ3n) is 3.77. The number of carbonyl (C=O) groups is 1. The summed E-state index contributed by atoms with van der Waals surface area (Å²) in [6, 6.07) is -0.157. The van der Waals surface area contributed by atoms with Crippen LogP contribution in [0.15, 0.2) is 0 Å². The minimum atomic E-state index is -3.11. The highest BCUT2D eigenvalue weighted by Crippen LogP contribution is 2.13. The Morgan fingerprint density at radius 2 is 2.00 bits per heavy atom. The molecule has 116 valence electrons. The van der Waals surface area contributed by atoms with Gasteiger partial charge >= 0.3 is 6.03 Å². The zero-order chi connectivity index (χ0) is 14.6. The maximum atomic E-state index is 11.7. The number of carbonyl (C=O) groups excluding carboxylic acids is 1. The number of urea groups is 1. The van der Waals surface area contributed by atoms with Crippen LogP contribution in [0.4, 0.5) is 4.79 Å². The molecule has 0 aliphatic carbocycles. The van der Waals surface area contributed by atoms with Crippen molar-refractivity contribution in [2.75, 3.05) is 32.5 Å². The lowest BCUT2D eigenvalue weighted by atomic mass is 10.1. The molecule has 2 amide bonds. The smallest absolute Gasteiger partial charge is 0.315 e. The molecule has 7 nitrogen and oxygen atoms in total. The first kappa shape index (κ1) is 15.5. The zero-order valence-electron chi connectivity index (χ0n) is 11.8. The van der Waals surface area contributed by atoms with Gasteiger partial charge in [0, 0.05) is 32.3 Å². The standard InChI is InChI=1S/C12H23N3O4S/c1-20(17,18)15-6-4-10(5-7-15)14-12(16)13-9-11-3-2-8-19-11/h10-11H,2-9H2,1H3,(H2,13,14,16). The molecular formula is C12H23N3O4S. The number of sulfonamides is 1. The van der Waals surface area contributed by atoms with E-state index in [1.165, 1.54) is 10.6 Å². The normalized spacial score (nSPS) is 25.6. The predicted molar refractivity (Wildman–Crippen MR) is 74.9 cm³/mol. The summed E-state index contributed by atoms with van der Waals surface area (Å²) in [6.45, 7) is 2.25. The number of hydrogen-bond acceptors (Lipinski definition) is 4. The quantitative estimate of drug-likeness (QED) is 0.758. The molecule has 2 aliphatic rings. The fourth-order valence-corrected chi connectivity index (χ4v) is 3.45. The van der Waals surface area contributed by atoms with Gasteiger partial charge in [-0.05, 0) is 25.7 Å². The number of nitrogens with one attached hydrogen (secondary N) is 2. The second-order valence-electron chi connectivity index (χ2n) is 5.43. The molecule has 8 heteroatoms. The molecule has 0 aromatic heterocycles. The lowest BCUT2D eigenvalue weighted by molar-refractivity contribution is 0.111. The van der Waals surface area contributed by atoms with Gasteiger partial charge < -0.3 is 15.4 Å². The summed E-state index contributed by atoms with van der Waals surface area (Å²) < 4.78 is 29.6. The Hall–Kier alpha value is -0.860. The Morgan fingerprint density at radius 1 is 1.30 bits per heavy atom. The van der Waals surface area contributed by atoms with Gasteiger partial charge in [-0.25, -0.2) is 17.5 Å². The van der Waals surface area contributed by atoms with E-state index in [1.54, 1.807) is 0 Å². The monoisotopic (exact) mass is 305 g/mol. The van der Waals surface area contributed by atoms with Crippen LogP contribution in [-0.4, -0.2) is 63.4 Å². The van der Waals surface area contributed by atoms with E-state index in [2.05, 4.69) is 10.6 Å². The molecular weight excluding hydrogens is 282 g/mol. The summed E-state index contributed by atoms with van der Waals surface area (Å²) >= 11 is 0. The molecule has 0 aromatic rings. The Morgan fingerprint density at radius 3 is 2.55 bits per heavy atom. The van der Waals surface area contributed by atoms with Gasteiger partial charge in [-0.15, -0.1) is 0 Å². The van der Waals surface area contributed by atoms with E-state index in [1.807, 2.05) is 0 Å². The first-order chi connectivity index (χ1) is 9.45. The van der Waals surface area contributed by atoms with Gasteiger partial charge in [0.15, 0.2) is 0 Å². The lowest BCUT2D eigenvalue weighted by Crippen LogP contribution is -2.49. The number of rotatable bonds is 4. The van der Waals surface area contributed by atoms with Crippen LogP contribution >= 0.6 is 0 Å². The van der Waals surface area contributed by atoms with Gasteiger partial charge in [-0.3, -0.25) is 0 Å². The van der Waals surface area contributed by atoms with E-state index < -0.39 is 10.0 Å². The molecule has 1 unspecified atom stereocenters. The number of amides is 2. The van der Waals surface area contributed by atoms with E-state index in [0.29, 0.717) is 32.5 Å². The van der Waals surface area contributed by atoms with E-state index in [4.69, 9.17) is 4.74 Å². The molecule has 20 heavy (non-hydrogen) atoms. The molecule has 0 radical (unpaired) electrons. The minimum Gasteiger partial charge on any atom is -0.376 e. The van der Waals surface area contributed by atoms with Crippen molar-refractivity contribution in [1.29, 1.82) is 0 Å². The van der Waals surface area contributed by atoms with Crippen molar-refractivity contribution in [2.45, 2.75) is 37.8 Å². The van der Waals surface area contributed by atoms with Crippen molar-refractivity contribution in [3.05, 3.63) is 0 Å². The Balaban J connectivity index is 1.65. The third-order valence-corrected chi connectivity index (χ3v) is 5.08. The Kier molecular flexibility index (Phi) is 5.22. The zero-order valence-corrected chi connectivity index (χ0v) is 12.6. The average Bonchev–Trinajstić information content (AvgIpc) is 2.89. The summed E-state index contributed by atoms with van der Waals surface area (Å²) in [5, 5.41) is 5.69. The first-order valence-electron chi connectivity index (χ1n) is 7.06. The maximum Gasteiger partial charge on any atom is 0.315 e. The fourth-order valence-electron chi connectivity index (χ4n) is 2.58. The summed E-state index contributed by atoms with van der Waals surface area (Å²) in [7, 11) is -3.11. The van der Waals surface area contributed by atoms with Gasteiger partial charge in [-0.1, -0.05) is 0 Å². The van der Waals surface area contributed by atoms with Crippen LogP contribution in [0, 0.1) is 0 Å². The van der Waals surface area contributed by atoms with Crippen molar-refractivity contribution >= 4 is 16.1 Å². The predicted octanol–water partition coefficient (Wildman–Crippen LogP) is -0.111. The number of piperidine rings is 1. The highest BCUT2D eigenvalue weighted by molar-refractivity contribution is 7.88. The fraction of sp³-hybridized carbons (Fsp3) is 0.917. The molecule has 0 spiro atoms. The Bertz CT molecular complexity index is 426. The number of nitrogens with zero attached hydrogens (tertiary/aromatic N) is 1. The van der Waals surface area contributed by atoms with Crippen molar-refractivity contribution in [1.82, 2.24) is 14.9 Å². The van der Waals surface area contributed by atoms with Crippen LogP contribution in [0.1, 0.15) is 25.7 Å². The topological polar surface area (TPSA) is 87.7 Å². The molecule has 2 rings (SSSR count). The van der Waals surface area contributed by atoms with Crippen LogP contribution < -0.4 is 10.6 Å². The van der Waals surface area contributed by atoms with E-state index in [-0.39, 0.29) is 18.2 Å². The molecule has 2 fully saturated rings. The largest absolute Gasteiger partial charge is 0.376 e. The van der Waals surface area contributed by atoms with Gasteiger partial charge in [0.05, 0.1) is 12.4 Å². The third kappa shape index (κ3) is 4.60. The molecule has 2 aliphatic heterocycles. The van der Waals surface area contributed by atoms with Gasteiger partial charge in [0.25, 0.3) is 0 Å². The summed E-state index contributed by atoms with van der Waals surface area (Å²) in [5.74, 6) is 0. The molecule has 0 bridgehead atoms. The minimum absolute atomic E-state index is 0.0393. The van der Waals surface area contributed by atoms with Crippen molar-refractivity contribution in [2.24, 2.45) is 0 Å². The van der Waals surface area contributed by atoms with Crippen LogP contribution in [0.25, 0.3) is 0 Å². The molecule has 2 saturated heterocycles. The molecule has 0 saturated carbocycles. The van der Waals surface area contributed by atoms with Crippen LogP contribution in [0.3, 0.4) is 0 Å². The molecule has 0 aromatic carbocycles. The summed E-state index contributed by atoms with van der Waals surface area (Å²) in [4.78, 5) is 11.7. The summed E-state index contributed by atoms with van der Waals surface area (Å²) in [5.41, 5.74) is 0. The molecule has 1 atom stereocenters. The van der Waals surface area contributed by atoms with Crippen molar-refractivity contribution < 1.29 is 17.9 Å². The van der Waals surface area contributed by atoms with Gasteiger partial charge in [0.1, 0.15) is 0 Å². The highest BCUT2D eigenvalue weighted by Gasteiger charge is 2.26. The van der Waals surface area contributed by atoms with Crippen LogP contribution in [-0.2, 0) is 14.8 Å². The molecule has 2 N–H and O–H groups in total.